The zero-order valence-corrected chi connectivity index (χ0v) is 16.7. The molecular formula is C22H23N3O2S. The molecule has 144 valence electrons. The van der Waals surface area contributed by atoms with Gasteiger partial charge in [0, 0.05) is 60.8 Å². The van der Waals surface area contributed by atoms with E-state index in [0.717, 1.165) is 27.9 Å². The number of rotatable bonds is 4. The first-order valence-corrected chi connectivity index (χ1v) is 10.4. The number of piperazine rings is 1. The fourth-order valence-corrected chi connectivity index (χ4v) is 4.24. The van der Waals surface area contributed by atoms with Gasteiger partial charge in [0.05, 0.1) is 5.56 Å². The van der Waals surface area contributed by atoms with Crippen LogP contribution >= 0.6 is 11.3 Å². The van der Waals surface area contributed by atoms with Crippen molar-refractivity contribution in [3.8, 4) is 0 Å². The van der Waals surface area contributed by atoms with Crippen LogP contribution in [0.1, 0.15) is 22.2 Å². The zero-order valence-electron chi connectivity index (χ0n) is 15.9. The summed E-state index contributed by atoms with van der Waals surface area (Å²) in [5.41, 5.74) is 1.83. The first kappa shape index (κ1) is 18.5. The fourth-order valence-electron chi connectivity index (χ4n) is 3.62. The van der Waals surface area contributed by atoms with Crippen LogP contribution in [-0.4, -0.2) is 52.4 Å². The second-order valence-electron chi connectivity index (χ2n) is 6.81. The lowest BCUT2D eigenvalue weighted by Crippen LogP contribution is -2.50. The van der Waals surface area contributed by atoms with E-state index in [-0.39, 0.29) is 11.8 Å². The Morgan fingerprint density at radius 3 is 2.50 bits per heavy atom. The van der Waals surface area contributed by atoms with Crippen LogP contribution in [0.4, 0.5) is 0 Å². The van der Waals surface area contributed by atoms with Crippen LogP contribution in [-0.2, 0) is 11.3 Å². The topological polar surface area (TPSA) is 45.6 Å². The summed E-state index contributed by atoms with van der Waals surface area (Å²) in [4.78, 5) is 30.2. The van der Waals surface area contributed by atoms with Crippen molar-refractivity contribution in [2.75, 3.05) is 26.2 Å². The van der Waals surface area contributed by atoms with Crippen molar-refractivity contribution < 1.29 is 9.59 Å². The summed E-state index contributed by atoms with van der Waals surface area (Å²) in [5, 5.41) is 2.98. The molecule has 0 bridgehead atoms. The molecule has 0 saturated carbocycles. The minimum absolute atomic E-state index is 0.00286. The maximum absolute atomic E-state index is 13.1. The fraction of sp³-hybridized carbons (Fsp3) is 0.273. The molecule has 28 heavy (non-hydrogen) atoms. The standard InChI is InChI=1S/C22H23N3O2S/c1-2-23-16-19(18-7-3-4-8-20(18)23)22(27)25-13-11-24(12-14-25)21(26)10-9-17-6-5-15-28-17/h3-10,15-16H,2,11-14H2,1H3. The van der Waals surface area contributed by atoms with E-state index >= 15 is 0 Å². The highest BCUT2D eigenvalue weighted by Crippen LogP contribution is 2.23. The van der Waals surface area contributed by atoms with Crippen LogP contribution in [0.25, 0.3) is 17.0 Å². The Bertz CT molecular complexity index is 1010. The monoisotopic (exact) mass is 393 g/mol. The SMILES string of the molecule is CCn1cc(C(=O)N2CCN(C(=O)C=Cc3cccs3)CC2)c2ccccc21. The van der Waals surface area contributed by atoms with Crippen molar-refractivity contribution >= 4 is 40.1 Å². The third-order valence-electron chi connectivity index (χ3n) is 5.17. The summed E-state index contributed by atoms with van der Waals surface area (Å²) in [7, 11) is 0. The van der Waals surface area contributed by atoms with Gasteiger partial charge in [0.25, 0.3) is 5.91 Å². The van der Waals surface area contributed by atoms with Gasteiger partial charge < -0.3 is 14.4 Å². The second kappa shape index (κ2) is 8.02. The number of thiophene rings is 1. The third kappa shape index (κ3) is 3.60. The van der Waals surface area contributed by atoms with E-state index in [9.17, 15) is 9.59 Å². The average molecular weight is 394 g/mol. The number of aromatic nitrogens is 1. The van der Waals surface area contributed by atoms with Gasteiger partial charge in [0.1, 0.15) is 0 Å². The molecule has 2 amide bonds. The molecule has 0 atom stereocenters. The Hall–Kier alpha value is -2.86. The number of fused-ring (bicyclic) bond motifs is 1. The van der Waals surface area contributed by atoms with Gasteiger partial charge in [-0.2, -0.15) is 0 Å². The lowest BCUT2D eigenvalue weighted by Gasteiger charge is -2.34. The molecule has 0 spiro atoms. The molecule has 3 heterocycles. The van der Waals surface area contributed by atoms with Crippen molar-refractivity contribution in [2.24, 2.45) is 0 Å². The van der Waals surface area contributed by atoms with Crippen molar-refractivity contribution in [1.29, 1.82) is 0 Å². The summed E-state index contributed by atoms with van der Waals surface area (Å²) in [6.07, 6.45) is 5.43. The number of aryl methyl sites for hydroxylation is 1. The molecule has 1 saturated heterocycles. The Kier molecular flexibility index (Phi) is 5.30. The van der Waals surface area contributed by atoms with Gasteiger partial charge in [0.15, 0.2) is 0 Å². The van der Waals surface area contributed by atoms with Crippen molar-refractivity contribution in [1.82, 2.24) is 14.4 Å². The zero-order chi connectivity index (χ0) is 19.5. The van der Waals surface area contributed by atoms with Crippen LogP contribution < -0.4 is 0 Å². The first-order valence-electron chi connectivity index (χ1n) is 9.55. The quantitative estimate of drug-likeness (QED) is 0.634. The van der Waals surface area contributed by atoms with Crippen molar-refractivity contribution in [3.05, 3.63) is 64.5 Å². The molecule has 0 aliphatic carbocycles. The number of carbonyl (C=O) groups excluding carboxylic acids is 2. The molecule has 1 aliphatic rings. The Morgan fingerprint density at radius 2 is 1.79 bits per heavy atom. The Labute approximate surface area is 168 Å². The number of benzene rings is 1. The van der Waals surface area contributed by atoms with E-state index < -0.39 is 0 Å². The number of hydrogen-bond donors (Lipinski definition) is 0. The predicted molar refractivity (Wildman–Crippen MR) is 113 cm³/mol. The van der Waals surface area contributed by atoms with Crippen molar-refractivity contribution in [2.45, 2.75) is 13.5 Å². The molecule has 1 aromatic carbocycles. The minimum Gasteiger partial charge on any atom is -0.347 e. The van der Waals surface area contributed by atoms with E-state index in [1.807, 2.05) is 63.9 Å². The van der Waals surface area contributed by atoms with Crippen molar-refractivity contribution in [3.63, 3.8) is 0 Å². The van der Waals surface area contributed by atoms with Crippen LogP contribution in [0.5, 0.6) is 0 Å². The predicted octanol–water partition coefficient (Wildman–Crippen LogP) is 3.72. The van der Waals surface area contributed by atoms with Crippen LogP contribution in [0, 0.1) is 0 Å². The molecule has 1 fully saturated rings. The smallest absolute Gasteiger partial charge is 0.256 e. The summed E-state index contributed by atoms with van der Waals surface area (Å²) in [6, 6.07) is 12.0. The Morgan fingerprint density at radius 1 is 1.04 bits per heavy atom. The summed E-state index contributed by atoms with van der Waals surface area (Å²) < 4.78 is 2.11. The molecule has 6 heteroatoms. The van der Waals surface area contributed by atoms with Gasteiger partial charge in [-0.1, -0.05) is 24.3 Å². The molecule has 1 aliphatic heterocycles. The second-order valence-corrected chi connectivity index (χ2v) is 7.79. The largest absolute Gasteiger partial charge is 0.347 e. The molecule has 0 radical (unpaired) electrons. The van der Waals surface area contributed by atoms with Crippen LogP contribution in [0.3, 0.4) is 0 Å². The van der Waals surface area contributed by atoms with E-state index in [2.05, 4.69) is 11.5 Å². The van der Waals surface area contributed by atoms with Gasteiger partial charge in [-0.25, -0.2) is 0 Å². The minimum atomic E-state index is 0.00286. The molecule has 4 rings (SSSR count). The van der Waals surface area contributed by atoms with E-state index in [1.165, 1.54) is 0 Å². The molecule has 2 aromatic heterocycles. The molecule has 5 nitrogen and oxygen atoms in total. The van der Waals surface area contributed by atoms with Gasteiger partial charge in [-0.3, -0.25) is 9.59 Å². The van der Waals surface area contributed by atoms with E-state index in [4.69, 9.17) is 0 Å². The maximum atomic E-state index is 13.1. The number of para-hydroxylation sites is 1. The van der Waals surface area contributed by atoms with E-state index in [0.29, 0.717) is 26.2 Å². The molecule has 0 unspecified atom stereocenters. The highest BCUT2D eigenvalue weighted by Gasteiger charge is 2.26. The number of amides is 2. The Balaban J connectivity index is 1.43. The van der Waals surface area contributed by atoms with E-state index in [1.54, 1.807) is 17.4 Å². The summed E-state index contributed by atoms with van der Waals surface area (Å²) in [5.74, 6) is 0.0488. The molecular weight excluding hydrogens is 370 g/mol. The highest BCUT2D eigenvalue weighted by atomic mass is 32.1. The first-order chi connectivity index (χ1) is 13.7. The number of hydrogen-bond acceptors (Lipinski definition) is 3. The highest BCUT2D eigenvalue weighted by molar-refractivity contribution is 7.10. The summed E-state index contributed by atoms with van der Waals surface area (Å²) in [6.45, 7) is 5.14. The molecule has 0 N–H and O–H groups in total. The average Bonchev–Trinajstić information content (AvgIpc) is 3.39. The van der Waals surface area contributed by atoms with Gasteiger partial charge in [-0.15, -0.1) is 11.3 Å². The molecule has 3 aromatic rings. The lowest BCUT2D eigenvalue weighted by molar-refractivity contribution is -0.127. The number of nitrogens with zero attached hydrogens (tertiary/aromatic N) is 3. The van der Waals surface area contributed by atoms with Crippen LogP contribution in [0.2, 0.25) is 0 Å². The van der Waals surface area contributed by atoms with Gasteiger partial charge in [-0.05, 0) is 30.5 Å². The van der Waals surface area contributed by atoms with Gasteiger partial charge >= 0.3 is 0 Å². The number of carbonyl (C=O) groups is 2. The third-order valence-corrected chi connectivity index (χ3v) is 6.01. The van der Waals surface area contributed by atoms with Gasteiger partial charge in [0.2, 0.25) is 5.91 Å². The maximum Gasteiger partial charge on any atom is 0.256 e. The normalized spacial score (nSPS) is 14.9. The lowest BCUT2D eigenvalue weighted by atomic mass is 10.1. The summed E-state index contributed by atoms with van der Waals surface area (Å²) >= 11 is 1.61. The van der Waals surface area contributed by atoms with Crippen LogP contribution in [0.15, 0.2) is 54.1 Å².